The molecule has 1 unspecified atom stereocenters. The number of nitriles is 1. The highest BCUT2D eigenvalue weighted by molar-refractivity contribution is 7.89. The van der Waals surface area contributed by atoms with Gasteiger partial charge in [0.1, 0.15) is 11.0 Å². The topological polar surface area (TPSA) is 130 Å². The van der Waals surface area contributed by atoms with E-state index >= 15 is 0 Å². The Morgan fingerprint density at radius 2 is 2.14 bits per heavy atom. The molecule has 1 atom stereocenters. The summed E-state index contributed by atoms with van der Waals surface area (Å²) >= 11 is 0. The highest BCUT2D eigenvalue weighted by Crippen LogP contribution is 2.34. The van der Waals surface area contributed by atoms with Gasteiger partial charge < -0.3 is 11.5 Å². The Labute approximate surface area is 123 Å². The number of benzene rings is 1. The van der Waals surface area contributed by atoms with E-state index in [1.165, 1.54) is 22.5 Å². The molecule has 0 aromatic heterocycles. The fourth-order valence-corrected chi connectivity index (χ4v) is 4.01. The van der Waals surface area contributed by atoms with E-state index in [2.05, 4.69) is 0 Å². The fraction of sp³-hybridized carbons (Fsp3) is 0.385. The van der Waals surface area contributed by atoms with Crippen molar-refractivity contribution >= 4 is 21.6 Å². The number of amides is 1. The summed E-state index contributed by atoms with van der Waals surface area (Å²) in [6, 6.07) is 5.88. The van der Waals surface area contributed by atoms with Crippen LogP contribution in [-0.2, 0) is 14.8 Å². The summed E-state index contributed by atoms with van der Waals surface area (Å²) in [6.07, 6.45) is 0.360. The van der Waals surface area contributed by atoms with E-state index < -0.39 is 21.3 Å². The number of anilines is 1. The van der Waals surface area contributed by atoms with Gasteiger partial charge in [0.2, 0.25) is 15.9 Å². The Balaban J connectivity index is 2.42. The molecule has 4 N–H and O–H groups in total. The third-order valence-electron chi connectivity index (χ3n) is 3.78. The molecule has 8 heteroatoms. The summed E-state index contributed by atoms with van der Waals surface area (Å²) in [5.74, 6) is -0.530. The summed E-state index contributed by atoms with van der Waals surface area (Å²) in [6.45, 7) is 1.84. The zero-order valence-electron chi connectivity index (χ0n) is 11.5. The van der Waals surface area contributed by atoms with Crippen molar-refractivity contribution in [3.05, 3.63) is 23.8 Å². The maximum Gasteiger partial charge on any atom is 0.244 e. The first kappa shape index (κ1) is 15.3. The molecule has 1 aromatic carbocycles. The van der Waals surface area contributed by atoms with Crippen molar-refractivity contribution in [2.24, 2.45) is 11.1 Å². The molecule has 21 heavy (non-hydrogen) atoms. The highest BCUT2D eigenvalue weighted by Gasteiger charge is 2.44. The summed E-state index contributed by atoms with van der Waals surface area (Å²) in [7, 11) is -3.86. The number of hydrogen-bond acceptors (Lipinski definition) is 5. The number of carbonyl (C=O) groups is 1. The van der Waals surface area contributed by atoms with Crippen LogP contribution in [0, 0.1) is 16.7 Å². The number of sulfonamides is 1. The SMILES string of the molecule is CC1(C(N)=O)CCN(S(=O)(=O)c2ccc(N)cc2C#N)C1. The van der Waals surface area contributed by atoms with Gasteiger partial charge in [-0.3, -0.25) is 4.79 Å². The third kappa shape index (κ3) is 2.57. The molecule has 2 rings (SSSR count). The van der Waals surface area contributed by atoms with Crippen LogP contribution in [0.4, 0.5) is 5.69 Å². The van der Waals surface area contributed by atoms with E-state index in [1.807, 2.05) is 6.07 Å². The summed E-state index contributed by atoms with van der Waals surface area (Å²) in [5, 5.41) is 9.08. The molecule has 0 bridgehead atoms. The van der Waals surface area contributed by atoms with Gasteiger partial charge >= 0.3 is 0 Å². The number of nitrogens with zero attached hydrogens (tertiary/aromatic N) is 2. The molecular weight excluding hydrogens is 292 g/mol. The van der Waals surface area contributed by atoms with Crippen LogP contribution in [0.2, 0.25) is 0 Å². The molecule has 0 radical (unpaired) electrons. The average molecular weight is 308 g/mol. The zero-order valence-corrected chi connectivity index (χ0v) is 12.4. The largest absolute Gasteiger partial charge is 0.399 e. The molecular formula is C13H16N4O3S. The molecule has 0 spiro atoms. The summed E-state index contributed by atoms with van der Waals surface area (Å²) < 4.78 is 26.4. The third-order valence-corrected chi connectivity index (χ3v) is 5.68. The fourth-order valence-electron chi connectivity index (χ4n) is 2.32. The number of rotatable bonds is 3. The van der Waals surface area contributed by atoms with Gasteiger partial charge in [0, 0.05) is 18.8 Å². The predicted octanol–water partition coefficient (Wildman–Crippen LogP) is 0.0265. The van der Waals surface area contributed by atoms with E-state index in [9.17, 15) is 13.2 Å². The Hall–Kier alpha value is -2.11. The van der Waals surface area contributed by atoms with Crippen LogP contribution in [0.3, 0.4) is 0 Å². The highest BCUT2D eigenvalue weighted by atomic mass is 32.2. The Morgan fingerprint density at radius 3 is 2.67 bits per heavy atom. The van der Waals surface area contributed by atoms with Crippen LogP contribution in [0.15, 0.2) is 23.1 Å². The monoisotopic (exact) mass is 308 g/mol. The quantitative estimate of drug-likeness (QED) is 0.760. The first-order chi connectivity index (χ1) is 9.70. The van der Waals surface area contributed by atoms with Gasteiger partial charge in [-0.05, 0) is 31.5 Å². The van der Waals surface area contributed by atoms with Crippen LogP contribution in [-0.4, -0.2) is 31.7 Å². The van der Waals surface area contributed by atoms with Gasteiger partial charge in [-0.15, -0.1) is 0 Å². The van der Waals surface area contributed by atoms with Crippen molar-refractivity contribution in [2.45, 2.75) is 18.2 Å². The molecule has 7 nitrogen and oxygen atoms in total. The molecule has 1 heterocycles. The van der Waals surface area contributed by atoms with Crippen LogP contribution in [0.5, 0.6) is 0 Å². The van der Waals surface area contributed by atoms with Crippen LogP contribution in [0.1, 0.15) is 18.9 Å². The van der Waals surface area contributed by atoms with Gasteiger partial charge in [-0.25, -0.2) is 8.42 Å². The lowest BCUT2D eigenvalue weighted by Gasteiger charge is -2.21. The van der Waals surface area contributed by atoms with Crippen LogP contribution < -0.4 is 11.5 Å². The zero-order chi connectivity index (χ0) is 15.8. The van der Waals surface area contributed by atoms with Gasteiger partial charge in [0.25, 0.3) is 0 Å². The molecule has 1 aliphatic rings. The summed E-state index contributed by atoms with van der Waals surface area (Å²) in [5.41, 5.74) is 10.3. The van der Waals surface area contributed by atoms with Gasteiger partial charge in [0.05, 0.1) is 11.0 Å². The number of nitrogens with two attached hydrogens (primary N) is 2. The average Bonchev–Trinajstić information content (AvgIpc) is 2.83. The van der Waals surface area contributed by atoms with Crippen LogP contribution >= 0.6 is 0 Å². The van der Waals surface area contributed by atoms with Crippen molar-refractivity contribution in [1.29, 1.82) is 5.26 Å². The Morgan fingerprint density at radius 1 is 1.48 bits per heavy atom. The number of carbonyl (C=O) groups excluding carboxylic acids is 1. The number of primary amides is 1. The van der Waals surface area contributed by atoms with Gasteiger partial charge in [-0.1, -0.05) is 0 Å². The smallest absolute Gasteiger partial charge is 0.244 e. The molecule has 0 aliphatic carbocycles. The molecule has 112 valence electrons. The number of nitrogen functional groups attached to an aromatic ring is 1. The lowest BCUT2D eigenvalue weighted by atomic mass is 9.89. The van der Waals surface area contributed by atoms with Crippen molar-refractivity contribution in [3.63, 3.8) is 0 Å². The first-order valence-corrected chi connectivity index (χ1v) is 7.74. The van der Waals surface area contributed by atoms with E-state index in [1.54, 1.807) is 6.92 Å². The molecule has 1 aliphatic heterocycles. The predicted molar refractivity (Wildman–Crippen MR) is 76.2 cm³/mol. The van der Waals surface area contributed by atoms with Gasteiger partial charge in [-0.2, -0.15) is 9.57 Å². The lowest BCUT2D eigenvalue weighted by Crippen LogP contribution is -2.38. The second-order valence-corrected chi connectivity index (χ2v) is 7.29. The standard InChI is InChI=1S/C13H16N4O3S/c1-13(12(16)18)4-5-17(8-13)21(19,20)11-3-2-10(15)6-9(11)7-14/h2-3,6H,4-5,8,15H2,1H3,(H2,16,18). The Bertz CT molecular complexity index is 738. The lowest BCUT2D eigenvalue weighted by molar-refractivity contribution is -0.126. The molecule has 1 saturated heterocycles. The van der Waals surface area contributed by atoms with Crippen molar-refractivity contribution < 1.29 is 13.2 Å². The van der Waals surface area contributed by atoms with E-state index in [0.717, 1.165) is 0 Å². The van der Waals surface area contributed by atoms with E-state index in [4.69, 9.17) is 16.7 Å². The van der Waals surface area contributed by atoms with Gasteiger partial charge in [0.15, 0.2) is 0 Å². The number of hydrogen-bond donors (Lipinski definition) is 2. The molecule has 1 fully saturated rings. The van der Waals surface area contributed by atoms with Crippen molar-refractivity contribution in [3.8, 4) is 6.07 Å². The molecule has 1 aromatic rings. The minimum absolute atomic E-state index is 0.0114. The molecule has 0 saturated carbocycles. The Kier molecular flexibility index (Phi) is 3.65. The molecule has 1 amide bonds. The van der Waals surface area contributed by atoms with E-state index in [0.29, 0.717) is 12.1 Å². The van der Waals surface area contributed by atoms with Crippen LogP contribution in [0.25, 0.3) is 0 Å². The minimum atomic E-state index is -3.86. The second kappa shape index (κ2) is 5.02. The normalized spacial score (nSPS) is 22.9. The maximum atomic E-state index is 12.6. The second-order valence-electron chi connectivity index (χ2n) is 5.38. The van der Waals surface area contributed by atoms with Crippen molar-refractivity contribution in [1.82, 2.24) is 4.31 Å². The maximum absolute atomic E-state index is 12.6. The first-order valence-electron chi connectivity index (χ1n) is 6.30. The summed E-state index contributed by atoms with van der Waals surface area (Å²) in [4.78, 5) is 11.3. The van der Waals surface area contributed by atoms with E-state index in [-0.39, 0.29) is 23.5 Å². The van der Waals surface area contributed by atoms with Crippen molar-refractivity contribution in [2.75, 3.05) is 18.8 Å². The minimum Gasteiger partial charge on any atom is -0.399 e.